The Bertz CT molecular complexity index is 223. The third-order valence-corrected chi connectivity index (χ3v) is 2.85. The van der Waals surface area contributed by atoms with Crippen LogP contribution in [0, 0.1) is 5.92 Å². The van der Waals surface area contributed by atoms with Gasteiger partial charge in [-0.25, -0.2) is 0 Å². The van der Waals surface area contributed by atoms with Gasteiger partial charge in [0.15, 0.2) is 0 Å². The SMILES string of the molecule is CC(C)COCCNC(=O)C1(C)CCCN1. The van der Waals surface area contributed by atoms with E-state index in [0.29, 0.717) is 19.1 Å². The molecule has 1 unspecified atom stereocenters. The molecule has 1 heterocycles. The van der Waals surface area contributed by atoms with Gasteiger partial charge in [-0.3, -0.25) is 4.79 Å². The number of ether oxygens (including phenoxy) is 1. The molecule has 0 spiro atoms. The third kappa shape index (κ3) is 4.10. The molecule has 1 fully saturated rings. The molecule has 0 aromatic heterocycles. The van der Waals surface area contributed by atoms with E-state index in [-0.39, 0.29) is 11.4 Å². The second-order valence-electron chi connectivity index (χ2n) is 5.09. The molecule has 1 rings (SSSR count). The summed E-state index contributed by atoms with van der Waals surface area (Å²) in [6.07, 6.45) is 2.00. The van der Waals surface area contributed by atoms with E-state index in [1.54, 1.807) is 0 Å². The van der Waals surface area contributed by atoms with E-state index in [4.69, 9.17) is 4.74 Å². The molecule has 4 nitrogen and oxygen atoms in total. The number of hydrogen-bond acceptors (Lipinski definition) is 3. The molecule has 1 atom stereocenters. The lowest BCUT2D eigenvalue weighted by atomic mass is 9.99. The summed E-state index contributed by atoms with van der Waals surface area (Å²) >= 11 is 0. The van der Waals surface area contributed by atoms with Crippen LogP contribution in [0.15, 0.2) is 0 Å². The van der Waals surface area contributed by atoms with Gasteiger partial charge in [0.05, 0.1) is 12.1 Å². The molecular formula is C12H24N2O2. The summed E-state index contributed by atoms with van der Waals surface area (Å²) in [6.45, 7) is 9.08. The Balaban J connectivity index is 2.10. The molecule has 1 amide bonds. The lowest BCUT2D eigenvalue weighted by molar-refractivity contribution is -0.126. The van der Waals surface area contributed by atoms with Crippen LogP contribution >= 0.6 is 0 Å². The molecule has 0 aliphatic carbocycles. The summed E-state index contributed by atoms with van der Waals surface area (Å²) in [7, 11) is 0. The van der Waals surface area contributed by atoms with E-state index in [1.165, 1.54) is 0 Å². The Kier molecular flexibility index (Phi) is 5.22. The molecule has 0 saturated carbocycles. The highest BCUT2D eigenvalue weighted by atomic mass is 16.5. The van der Waals surface area contributed by atoms with Crippen LogP contribution in [0.3, 0.4) is 0 Å². The number of nitrogens with one attached hydrogen (secondary N) is 2. The van der Waals surface area contributed by atoms with Crippen LogP contribution in [-0.4, -0.2) is 37.7 Å². The number of rotatable bonds is 6. The molecule has 16 heavy (non-hydrogen) atoms. The monoisotopic (exact) mass is 228 g/mol. The lowest BCUT2D eigenvalue weighted by Gasteiger charge is -2.23. The topological polar surface area (TPSA) is 50.4 Å². The van der Waals surface area contributed by atoms with Crippen molar-refractivity contribution in [3.63, 3.8) is 0 Å². The summed E-state index contributed by atoms with van der Waals surface area (Å²) in [5, 5.41) is 6.15. The van der Waals surface area contributed by atoms with Gasteiger partial charge in [-0.2, -0.15) is 0 Å². The van der Waals surface area contributed by atoms with Crippen LogP contribution < -0.4 is 10.6 Å². The first-order valence-corrected chi connectivity index (χ1v) is 6.16. The molecule has 0 aromatic carbocycles. The minimum atomic E-state index is -0.363. The molecular weight excluding hydrogens is 204 g/mol. The maximum Gasteiger partial charge on any atom is 0.240 e. The summed E-state index contributed by atoms with van der Waals surface area (Å²) in [6, 6.07) is 0. The van der Waals surface area contributed by atoms with Gasteiger partial charge in [-0.15, -0.1) is 0 Å². The smallest absolute Gasteiger partial charge is 0.240 e. The maximum absolute atomic E-state index is 11.8. The first-order valence-electron chi connectivity index (χ1n) is 6.16. The van der Waals surface area contributed by atoms with E-state index in [1.807, 2.05) is 6.92 Å². The number of carbonyl (C=O) groups is 1. The highest BCUT2D eigenvalue weighted by molar-refractivity contribution is 5.86. The quantitative estimate of drug-likeness (QED) is 0.665. The summed E-state index contributed by atoms with van der Waals surface area (Å²) in [5.41, 5.74) is -0.363. The Labute approximate surface area is 98.1 Å². The van der Waals surface area contributed by atoms with Crippen molar-refractivity contribution in [2.45, 2.75) is 39.2 Å². The fraction of sp³-hybridized carbons (Fsp3) is 0.917. The Hall–Kier alpha value is -0.610. The maximum atomic E-state index is 11.8. The second kappa shape index (κ2) is 6.21. The zero-order chi connectivity index (χ0) is 12.0. The zero-order valence-electron chi connectivity index (χ0n) is 10.6. The summed E-state index contributed by atoms with van der Waals surface area (Å²) in [4.78, 5) is 11.8. The first-order chi connectivity index (χ1) is 7.54. The van der Waals surface area contributed by atoms with Crippen LogP contribution in [0.2, 0.25) is 0 Å². The predicted octanol–water partition coefficient (Wildman–Crippen LogP) is 0.917. The Morgan fingerprint density at radius 3 is 2.88 bits per heavy atom. The van der Waals surface area contributed by atoms with Gasteiger partial charge in [-0.05, 0) is 32.2 Å². The van der Waals surface area contributed by atoms with Gasteiger partial charge in [0, 0.05) is 13.2 Å². The minimum absolute atomic E-state index is 0.0955. The highest BCUT2D eigenvalue weighted by Gasteiger charge is 2.35. The number of amides is 1. The highest BCUT2D eigenvalue weighted by Crippen LogP contribution is 2.18. The van der Waals surface area contributed by atoms with Crippen molar-refractivity contribution < 1.29 is 9.53 Å². The van der Waals surface area contributed by atoms with Gasteiger partial charge in [-0.1, -0.05) is 13.8 Å². The molecule has 4 heteroatoms. The summed E-state index contributed by atoms with van der Waals surface area (Å²) in [5.74, 6) is 0.642. The van der Waals surface area contributed by atoms with Crippen LogP contribution in [0.25, 0.3) is 0 Å². The van der Waals surface area contributed by atoms with E-state index >= 15 is 0 Å². The van der Waals surface area contributed by atoms with Gasteiger partial charge in [0.25, 0.3) is 0 Å². The van der Waals surface area contributed by atoms with Crippen molar-refractivity contribution >= 4 is 5.91 Å². The van der Waals surface area contributed by atoms with E-state index in [9.17, 15) is 4.79 Å². The van der Waals surface area contributed by atoms with Crippen LogP contribution in [0.4, 0.5) is 0 Å². The number of carbonyl (C=O) groups excluding carboxylic acids is 1. The zero-order valence-corrected chi connectivity index (χ0v) is 10.6. The van der Waals surface area contributed by atoms with Crippen molar-refractivity contribution in [2.75, 3.05) is 26.3 Å². The fourth-order valence-electron chi connectivity index (χ4n) is 1.84. The molecule has 94 valence electrons. The Morgan fingerprint density at radius 1 is 1.56 bits per heavy atom. The average molecular weight is 228 g/mol. The van der Waals surface area contributed by atoms with Gasteiger partial charge < -0.3 is 15.4 Å². The number of hydrogen-bond donors (Lipinski definition) is 2. The lowest BCUT2D eigenvalue weighted by Crippen LogP contribution is -2.51. The fourth-order valence-corrected chi connectivity index (χ4v) is 1.84. The van der Waals surface area contributed by atoms with Crippen LogP contribution in [-0.2, 0) is 9.53 Å². The molecule has 1 aliphatic rings. The largest absolute Gasteiger partial charge is 0.379 e. The van der Waals surface area contributed by atoms with Crippen molar-refractivity contribution in [3.8, 4) is 0 Å². The summed E-state index contributed by atoms with van der Waals surface area (Å²) < 4.78 is 5.41. The predicted molar refractivity (Wildman–Crippen MR) is 64.3 cm³/mol. The minimum Gasteiger partial charge on any atom is -0.379 e. The Morgan fingerprint density at radius 2 is 2.31 bits per heavy atom. The molecule has 0 radical (unpaired) electrons. The average Bonchev–Trinajstić information content (AvgIpc) is 2.65. The van der Waals surface area contributed by atoms with Crippen LogP contribution in [0.1, 0.15) is 33.6 Å². The van der Waals surface area contributed by atoms with Crippen molar-refractivity contribution in [2.24, 2.45) is 5.92 Å². The van der Waals surface area contributed by atoms with Crippen molar-refractivity contribution in [1.29, 1.82) is 0 Å². The molecule has 0 bridgehead atoms. The van der Waals surface area contributed by atoms with Gasteiger partial charge in [0.1, 0.15) is 0 Å². The molecule has 0 aromatic rings. The normalized spacial score (nSPS) is 25.0. The molecule has 2 N–H and O–H groups in total. The van der Waals surface area contributed by atoms with Crippen molar-refractivity contribution in [3.05, 3.63) is 0 Å². The van der Waals surface area contributed by atoms with E-state index in [0.717, 1.165) is 26.0 Å². The van der Waals surface area contributed by atoms with Gasteiger partial charge in [0.2, 0.25) is 5.91 Å². The third-order valence-electron chi connectivity index (χ3n) is 2.85. The molecule has 1 saturated heterocycles. The first kappa shape index (κ1) is 13.5. The van der Waals surface area contributed by atoms with E-state index < -0.39 is 0 Å². The standard InChI is InChI=1S/C12H24N2O2/c1-10(2)9-16-8-7-13-11(15)12(3)5-4-6-14-12/h10,14H,4-9H2,1-3H3,(H,13,15). The molecule has 1 aliphatic heterocycles. The van der Waals surface area contributed by atoms with E-state index in [2.05, 4.69) is 24.5 Å². The van der Waals surface area contributed by atoms with Crippen LogP contribution in [0.5, 0.6) is 0 Å². The second-order valence-corrected chi connectivity index (χ2v) is 5.09. The van der Waals surface area contributed by atoms with Gasteiger partial charge >= 0.3 is 0 Å². The van der Waals surface area contributed by atoms with Crippen molar-refractivity contribution in [1.82, 2.24) is 10.6 Å².